The Labute approximate surface area is 137 Å². The molecule has 2 amide bonds. The average molecular weight is 316 g/mol. The van der Waals surface area contributed by atoms with E-state index in [0.717, 1.165) is 24.1 Å². The second kappa shape index (κ2) is 5.87. The highest BCUT2D eigenvalue weighted by atomic mass is 16.6. The third-order valence-corrected chi connectivity index (χ3v) is 4.42. The van der Waals surface area contributed by atoms with Crippen LogP contribution in [0.1, 0.15) is 45.1 Å². The zero-order valence-corrected chi connectivity index (χ0v) is 14.0. The predicted octanol–water partition coefficient (Wildman–Crippen LogP) is 3.37. The highest BCUT2D eigenvalue weighted by Crippen LogP contribution is 2.40. The summed E-state index contributed by atoms with van der Waals surface area (Å²) < 4.78 is 5.47. The molecule has 0 aliphatic carbocycles. The Balaban J connectivity index is 1.74. The number of likely N-dealkylation sites (tertiary alicyclic amines) is 1. The van der Waals surface area contributed by atoms with Crippen LogP contribution in [0.4, 0.5) is 10.5 Å². The third kappa shape index (κ3) is 3.33. The maximum absolute atomic E-state index is 12.4. The van der Waals surface area contributed by atoms with Crippen molar-refractivity contribution in [2.75, 3.05) is 18.4 Å². The Morgan fingerprint density at radius 1 is 1.30 bits per heavy atom. The van der Waals surface area contributed by atoms with Crippen molar-refractivity contribution in [3.63, 3.8) is 0 Å². The summed E-state index contributed by atoms with van der Waals surface area (Å²) in [4.78, 5) is 26.4. The number of rotatable bonds is 1. The standard InChI is InChI=1S/C18H24N2O3/c1-18(2,3)23-17(22)20-10-6-7-12(11-20)15-13-8-4-5-9-14(13)19-16(15)21/h4-5,8-9,12,15H,6-7,10-11H2,1-3H3,(H,19,21)/t12-,15-/m0/s1. The zero-order valence-electron chi connectivity index (χ0n) is 14.0. The van der Waals surface area contributed by atoms with Gasteiger partial charge in [0.15, 0.2) is 0 Å². The van der Waals surface area contributed by atoms with Gasteiger partial charge in [0.05, 0.1) is 5.92 Å². The molecule has 5 nitrogen and oxygen atoms in total. The first-order chi connectivity index (χ1) is 10.8. The number of fused-ring (bicyclic) bond motifs is 1. The van der Waals surface area contributed by atoms with Gasteiger partial charge in [0.1, 0.15) is 5.60 Å². The molecule has 1 N–H and O–H groups in total. The van der Waals surface area contributed by atoms with Crippen molar-refractivity contribution in [3.8, 4) is 0 Å². The van der Waals surface area contributed by atoms with Gasteiger partial charge in [0.25, 0.3) is 0 Å². The van der Waals surface area contributed by atoms with E-state index in [1.165, 1.54) is 0 Å². The summed E-state index contributed by atoms with van der Waals surface area (Å²) in [6.45, 7) is 6.87. The topological polar surface area (TPSA) is 58.6 Å². The smallest absolute Gasteiger partial charge is 0.410 e. The van der Waals surface area contributed by atoms with E-state index in [-0.39, 0.29) is 23.8 Å². The summed E-state index contributed by atoms with van der Waals surface area (Å²) in [5.41, 5.74) is 1.45. The molecule has 2 heterocycles. The van der Waals surface area contributed by atoms with Gasteiger partial charge in [-0.2, -0.15) is 0 Å². The molecular formula is C18H24N2O3. The summed E-state index contributed by atoms with van der Waals surface area (Å²) in [7, 11) is 0. The van der Waals surface area contributed by atoms with E-state index in [2.05, 4.69) is 5.32 Å². The number of nitrogens with zero attached hydrogens (tertiary/aromatic N) is 1. The van der Waals surface area contributed by atoms with Crippen LogP contribution >= 0.6 is 0 Å². The van der Waals surface area contributed by atoms with E-state index >= 15 is 0 Å². The normalized spacial score (nSPS) is 24.1. The summed E-state index contributed by atoms with van der Waals surface area (Å²) >= 11 is 0. The fourth-order valence-corrected chi connectivity index (χ4v) is 3.48. The Hall–Kier alpha value is -2.04. The minimum Gasteiger partial charge on any atom is -0.444 e. The van der Waals surface area contributed by atoms with Crippen LogP contribution in [0.25, 0.3) is 0 Å². The van der Waals surface area contributed by atoms with Crippen molar-refractivity contribution >= 4 is 17.7 Å². The van der Waals surface area contributed by atoms with Crippen molar-refractivity contribution < 1.29 is 14.3 Å². The fourth-order valence-electron chi connectivity index (χ4n) is 3.48. The molecule has 0 saturated carbocycles. The first-order valence-electron chi connectivity index (χ1n) is 8.23. The maximum Gasteiger partial charge on any atom is 0.410 e. The molecule has 5 heteroatoms. The number of ether oxygens (including phenoxy) is 1. The molecule has 3 rings (SSSR count). The molecule has 1 fully saturated rings. The van der Waals surface area contributed by atoms with Gasteiger partial charge in [-0.1, -0.05) is 18.2 Å². The number of carbonyl (C=O) groups excluding carboxylic acids is 2. The Bertz CT molecular complexity index is 621. The molecule has 0 unspecified atom stereocenters. The number of amides is 2. The molecule has 1 aromatic rings. The number of carbonyl (C=O) groups is 2. The Morgan fingerprint density at radius 3 is 2.78 bits per heavy atom. The Morgan fingerprint density at radius 2 is 2.04 bits per heavy atom. The van der Waals surface area contributed by atoms with Gasteiger partial charge >= 0.3 is 6.09 Å². The molecule has 0 aromatic heterocycles. The lowest BCUT2D eigenvalue weighted by molar-refractivity contribution is -0.118. The summed E-state index contributed by atoms with van der Waals surface area (Å²) in [5.74, 6) is 0.0126. The van der Waals surface area contributed by atoms with Crippen LogP contribution < -0.4 is 5.32 Å². The molecule has 2 aliphatic rings. The van der Waals surface area contributed by atoms with E-state index in [1.54, 1.807) is 4.90 Å². The molecule has 0 bridgehead atoms. The number of anilines is 1. The third-order valence-electron chi connectivity index (χ3n) is 4.42. The molecular weight excluding hydrogens is 292 g/mol. The van der Waals surface area contributed by atoms with Crippen molar-refractivity contribution in [2.45, 2.75) is 45.1 Å². The van der Waals surface area contributed by atoms with E-state index in [9.17, 15) is 9.59 Å². The van der Waals surface area contributed by atoms with Crippen LogP contribution in [0.2, 0.25) is 0 Å². The first kappa shape index (κ1) is 15.8. The van der Waals surface area contributed by atoms with E-state index in [0.29, 0.717) is 13.1 Å². The van der Waals surface area contributed by atoms with Crippen LogP contribution in [0.3, 0.4) is 0 Å². The molecule has 23 heavy (non-hydrogen) atoms. The number of hydrogen-bond acceptors (Lipinski definition) is 3. The van der Waals surface area contributed by atoms with E-state index in [4.69, 9.17) is 4.74 Å². The highest BCUT2D eigenvalue weighted by molar-refractivity contribution is 6.03. The second-order valence-electron chi connectivity index (χ2n) is 7.38. The zero-order chi connectivity index (χ0) is 16.6. The number of hydrogen-bond donors (Lipinski definition) is 1. The highest BCUT2D eigenvalue weighted by Gasteiger charge is 2.39. The lowest BCUT2D eigenvalue weighted by Gasteiger charge is -2.36. The van der Waals surface area contributed by atoms with E-state index < -0.39 is 5.60 Å². The van der Waals surface area contributed by atoms with Crippen molar-refractivity contribution in [1.29, 1.82) is 0 Å². The van der Waals surface area contributed by atoms with Gasteiger partial charge < -0.3 is 15.0 Å². The Kier molecular flexibility index (Phi) is 4.04. The lowest BCUT2D eigenvalue weighted by atomic mass is 9.82. The first-order valence-corrected chi connectivity index (χ1v) is 8.23. The van der Waals surface area contributed by atoms with Gasteiger partial charge in [-0.25, -0.2) is 4.79 Å². The van der Waals surface area contributed by atoms with Crippen molar-refractivity contribution in [1.82, 2.24) is 4.90 Å². The molecule has 1 saturated heterocycles. The molecule has 0 radical (unpaired) electrons. The molecule has 2 aliphatic heterocycles. The SMILES string of the molecule is CC(C)(C)OC(=O)N1CCC[C@H]([C@@H]2C(=O)Nc3ccccc32)C1. The number of para-hydroxylation sites is 1. The van der Waals surface area contributed by atoms with Gasteiger partial charge in [0, 0.05) is 18.8 Å². The van der Waals surface area contributed by atoms with Gasteiger partial charge in [0.2, 0.25) is 5.91 Å². The minimum atomic E-state index is -0.499. The van der Waals surface area contributed by atoms with Gasteiger partial charge in [-0.3, -0.25) is 4.79 Å². The van der Waals surface area contributed by atoms with Crippen LogP contribution in [0.15, 0.2) is 24.3 Å². The minimum absolute atomic E-state index is 0.0437. The molecule has 1 aromatic carbocycles. The van der Waals surface area contributed by atoms with Crippen LogP contribution in [0.5, 0.6) is 0 Å². The lowest BCUT2D eigenvalue weighted by Crippen LogP contribution is -2.44. The van der Waals surface area contributed by atoms with Crippen LogP contribution in [-0.2, 0) is 9.53 Å². The number of benzene rings is 1. The maximum atomic E-state index is 12.4. The monoisotopic (exact) mass is 316 g/mol. The summed E-state index contributed by atoms with van der Waals surface area (Å²) in [5, 5.41) is 2.95. The predicted molar refractivity (Wildman–Crippen MR) is 88.3 cm³/mol. The average Bonchev–Trinajstić information content (AvgIpc) is 2.81. The molecule has 0 spiro atoms. The molecule has 124 valence electrons. The van der Waals surface area contributed by atoms with Crippen molar-refractivity contribution in [3.05, 3.63) is 29.8 Å². The fraction of sp³-hybridized carbons (Fsp3) is 0.556. The summed E-state index contributed by atoms with van der Waals surface area (Å²) in [6, 6.07) is 7.82. The second-order valence-corrected chi connectivity index (χ2v) is 7.38. The number of piperidine rings is 1. The van der Waals surface area contributed by atoms with Gasteiger partial charge in [-0.05, 0) is 51.2 Å². The molecule has 2 atom stereocenters. The number of nitrogens with one attached hydrogen (secondary N) is 1. The summed E-state index contributed by atoms with van der Waals surface area (Å²) in [6.07, 6.45) is 1.57. The van der Waals surface area contributed by atoms with E-state index in [1.807, 2.05) is 45.0 Å². The van der Waals surface area contributed by atoms with Gasteiger partial charge in [-0.15, -0.1) is 0 Å². The van der Waals surface area contributed by atoms with Crippen LogP contribution in [0, 0.1) is 5.92 Å². The largest absolute Gasteiger partial charge is 0.444 e. The van der Waals surface area contributed by atoms with Crippen molar-refractivity contribution in [2.24, 2.45) is 5.92 Å². The quantitative estimate of drug-likeness (QED) is 0.864. The van der Waals surface area contributed by atoms with Crippen LogP contribution in [-0.4, -0.2) is 35.6 Å².